The minimum Gasteiger partial charge on any atom is -0.402 e. The van der Waals surface area contributed by atoms with Crippen LogP contribution in [0.15, 0.2) is 77.3 Å². The predicted octanol–water partition coefficient (Wildman–Crippen LogP) is 10.1. The lowest BCUT2D eigenvalue weighted by Crippen LogP contribution is -2.31. The summed E-state index contributed by atoms with van der Waals surface area (Å²) in [5.74, 6) is 0.280. The van der Waals surface area contributed by atoms with Gasteiger partial charge in [0.25, 0.3) is 5.89 Å². The summed E-state index contributed by atoms with van der Waals surface area (Å²) in [5, 5.41) is 15.0. The first-order valence-electron chi connectivity index (χ1n) is 17.5. The predicted molar refractivity (Wildman–Crippen MR) is 195 cm³/mol. The van der Waals surface area contributed by atoms with Crippen LogP contribution >= 0.6 is 7.82 Å². The zero-order valence-electron chi connectivity index (χ0n) is 29.8. The molecule has 278 valence electrons. The van der Waals surface area contributed by atoms with Gasteiger partial charge in [-0.25, -0.2) is 9.55 Å². The minimum absolute atomic E-state index is 0.0772. The molecule has 2 aliphatic rings. The number of nitrogens with one attached hydrogen (secondary N) is 2. The average molecular weight is 740 g/mol. The Morgan fingerprint density at radius 2 is 1.83 bits per heavy atom. The normalized spacial score (nSPS) is 20.6. The fourth-order valence-electron chi connectivity index (χ4n) is 6.36. The summed E-state index contributed by atoms with van der Waals surface area (Å²) in [5.41, 5.74) is 3.50. The Kier molecular flexibility index (Phi) is 11.5. The molecule has 2 N–H and O–H groups in total. The second-order valence-corrected chi connectivity index (χ2v) is 16.0. The molecule has 1 saturated carbocycles. The summed E-state index contributed by atoms with van der Waals surface area (Å²) in [7, 11) is -3.92. The summed E-state index contributed by atoms with van der Waals surface area (Å²) in [6.45, 7) is 7.00. The largest absolute Gasteiger partial charge is 0.475 e. The van der Waals surface area contributed by atoms with Crippen molar-refractivity contribution in [2.45, 2.75) is 90.1 Å². The standard InChI is InChI=1S/C38H45F3N5O5P/c1-25-18-33(44-34-31(25)20-29(42-24-38(39,40)41)21-32(34)37(2,3)4)35-45-46-36(50-35)43-28-16-11-17-30(19-28)51-52(47,48-22-26-12-7-5-8-13-26)49-23-27-14-9-6-10-15-27/h5-10,12-14,18,20-21,27-28,30,42H,11,15-17,19,22-24H2,1-4H3,(H,43,46)/t27?,28-,30+,52?/m1/s1. The highest BCUT2D eigenvalue weighted by Gasteiger charge is 2.35. The van der Waals surface area contributed by atoms with Crippen molar-refractivity contribution in [1.29, 1.82) is 0 Å². The molecule has 14 heteroatoms. The molecule has 1 fully saturated rings. The Labute approximate surface area is 301 Å². The number of halogens is 3. The van der Waals surface area contributed by atoms with Gasteiger partial charge in [0.2, 0.25) is 0 Å². The molecule has 0 amide bonds. The van der Waals surface area contributed by atoms with Crippen molar-refractivity contribution in [2.75, 3.05) is 23.8 Å². The van der Waals surface area contributed by atoms with E-state index in [4.69, 9.17) is 23.0 Å². The third-order valence-corrected chi connectivity index (χ3v) is 10.5. The number of allylic oxidation sites excluding steroid dienone is 3. The molecular formula is C38H45F3N5O5P. The van der Waals surface area contributed by atoms with Crippen LogP contribution in [0, 0.1) is 12.8 Å². The van der Waals surface area contributed by atoms with Crippen LogP contribution in [-0.4, -0.2) is 46.7 Å². The lowest BCUT2D eigenvalue weighted by molar-refractivity contribution is -0.115. The van der Waals surface area contributed by atoms with Crippen LogP contribution in [0.3, 0.4) is 0 Å². The van der Waals surface area contributed by atoms with E-state index in [9.17, 15) is 17.7 Å². The number of pyridine rings is 1. The lowest BCUT2D eigenvalue weighted by Gasteiger charge is -2.31. The number of alkyl halides is 3. The summed E-state index contributed by atoms with van der Waals surface area (Å²) in [6, 6.07) is 14.8. The maximum absolute atomic E-state index is 14.0. The molecule has 10 nitrogen and oxygen atoms in total. The molecule has 2 heterocycles. The number of aromatic nitrogens is 3. The SMILES string of the molecule is Cc1cc(-c2nnc(N[C@@H]3CCC[C@H](OP(=O)(OCc4ccccc4)OCC4C=CC=CC4)C3)o2)nc2c(C(C)(C)C)cc(NCC(F)(F)F)cc12. The average Bonchev–Trinajstić information content (AvgIpc) is 3.58. The molecule has 2 aliphatic carbocycles. The molecular weight excluding hydrogens is 694 g/mol. The molecule has 4 aromatic rings. The van der Waals surface area contributed by atoms with Gasteiger partial charge < -0.3 is 15.1 Å². The van der Waals surface area contributed by atoms with E-state index in [1.807, 2.05) is 82.3 Å². The number of benzene rings is 2. The van der Waals surface area contributed by atoms with Gasteiger partial charge >= 0.3 is 20.0 Å². The number of rotatable bonds is 13. The van der Waals surface area contributed by atoms with Gasteiger partial charge in [0, 0.05) is 23.0 Å². The summed E-state index contributed by atoms with van der Waals surface area (Å²) in [4.78, 5) is 4.86. The van der Waals surface area contributed by atoms with E-state index in [1.165, 1.54) is 0 Å². The zero-order valence-corrected chi connectivity index (χ0v) is 30.7. The van der Waals surface area contributed by atoms with E-state index in [2.05, 4.69) is 20.8 Å². The van der Waals surface area contributed by atoms with Crippen LogP contribution in [0.5, 0.6) is 0 Å². The summed E-state index contributed by atoms with van der Waals surface area (Å²) < 4.78 is 76.9. The highest BCUT2D eigenvalue weighted by Crippen LogP contribution is 2.53. The first kappa shape index (κ1) is 37.7. The molecule has 0 radical (unpaired) electrons. The van der Waals surface area contributed by atoms with Crippen molar-refractivity contribution in [3.8, 4) is 11.6 Å². The highest BCUT2D eigenvalue weighted by atomic mass is 31.2. The number of hydrogen-bond acceptors (Lipinski definition) is 10. The number of phosphoric ester groups is 1. The second-order valence-electron chi connectivity index (χ2n) is 14.4. The van der Waals surface area contributed by atoms with Crippen LogP contribution in [0.1, 0.15) is 69.6 Å². The first-order chi connectivity index (χ1) is 24.7. The van der Waals surface area contributed by atoms with Gasteiger partial charge in [-0.3, -0.25) is 13.6 Å². The maximum Gasteiger partial charge on any atom is 0.475 e. The molecule has 0 saturated heterocycles. The van der Waals surface area contributed by atoms with Crippen LogP contribution in [-0.2, 0) is 30.2 Å². The van der Waals surface area contributed by atoms with Crippen molar-refractivity contribution in [2.24, 2.45) is 5.92 Å². The molecule has 2 unspecified atom stereocenters. The summed E-state index contributed by atoms with van der Waals surface area (Å²) >= 11 is 0. The molecule has 2 aromatic heterocycles. The molecule has 4 atom stereocenters. The smallest absolute Gasteiger partial charge is 0.402 e. The number of nitrogens with zero attached hydrogens (tertiary/aromatic N) is 3. The van der Waals surface area contributed by atoms with Gasteiger partial charge in [0.15, 0.2) is 0 Å². The number of anilines is 2. The fraction of sp³-hybridized carbons (Fsp3) is 0.447. The Balaban J connectivity index is 1.15. The molecule has 0 aliphatic heterocycles. The van der Waals surface area contributed by atoms with E-state index in [1.54, 1.807) is 18.2 Å². The topological polar surface area (TPSA) is 121 Å². The zero-order chi connectivity index (χ0) is 36.9. The van der Waals surface area contributed by atoms with Crippen molar-refractivity contribution >= 4 is 30.4 Å². The number of fused-ring (bicyclic) bond motifs is 1. The number of hydrogen-bond donors (Lipinski definition) is 2. The highest BCUT2D eigenvalue weighted by molar-refractivity contribution is 7.48. The molecule has 6 rings (SSSR count). The second kappa shape index (κ2) is 15.9. The van der Waals surface area contributed by atoms with Crippen molar-refractivity contribution < 1.29 is 35.7 Å². The Morgan fingerprint density at radius 1 is 1.02 bits per heavy atom. The third kappa shape index (κ3) is 10.1. The maximum atomic E-state index is 14.0. The van der Waals surface area contributed by atoms with E-state index in [0.29, 0.717) is 29.7 Å². The Bertz CT molecular complexity index is 1940. The van der Waals surface area contributed by atoms with Gasteiger partial charge in [-0.15, -0.1) is 5.10 Å². The van der Waals surface area contributed by atoms with E-state index in [-0.39, 0.29) is 37.1 Å². The van der Waals surface area contributed by atoms with Crippen molar-refractivity contribution in [3.05, 3.63) is 89.5 Å². The van der Waals surface area contributed by atoms with Crippen LogP contribution in [0.25, 0.3) is 22.5 Å². The van der Waals surface area contributed by atoms with Gasteiger partial charge in [0.05, 0.1) is 24.8 Å². The quantitative estimate of drug-likeness (QED) is 0.128. The Morgan fingerprint density at radius 3 is 2.56 bits per heavy atom. The van der Waals surface area contributed by atoms with Gasteiger partial charge in [-0.1, -0.05) is 80.5 Å². The van der Waals surface area contributed by atoms with Crippen molar-refractivity contribution in [3.63, 3.8) is 0 Å². The van der Waals surface area contributed by atoms with Gasteiger partial charge in [-0.05, 0) is 79.3 Å². The molecule has 52 heavy (non-hydrogen) atoms. The number of aryl methyl sites for hydroxylation is 1. The van der Waals surface area contributed by atoms with Crippen molar-refractivity contribution in [1.82, 2.24) is 15.2 Å². The first-order valence-corrected chi connectivity index (χ1v) is 19.0. The molecule has 0 bridgehead atoms. The minimum atomic E-state index is -4.35. The van der Waals surface area contributed by atoms with Crippen LogP contribution < -0.4 is 10.6 Å². The third-order valence-electron chi connectivity index (χ3n) is 9.05. The van der Waals surface area contributed by atoms with Crippen LogP contribution in [0.2, 0.25) is 0 Å². The van der Waals surface area contributed by atoms with Gasteiger partial charge in [-0.2, -0.15) is 13.2 Å². The monoisotopic (exact) mass is 739 g/mol. The molecule has 2 aromatic carbocycles. The van der Waals surface area contributed by atoms with E-state index >= 15 is 0 Å². The van der Waals surface area contributed by atoms with Gasteiger partial charge in [0.1, 0.15) is 12.2 Å². The fourth-order valence-corrected chi connectivity index (χ4v) is 7.79. The summed E-state index contributed by atoms with van der Waals surface area (Å²) in [6.07, 6.45) is 6.85. The Hall–Kier alpha value is -4.03. The lowest BCUT2D eigenvalue weighted by atomic mass is 9.84. The van der Waals surface area contributed by atoms with E-state index in [0.717, 1.165) is 41.3 Å². The van der Waals surface area contributed by atoms with Crippen LogP contribution in [0.4, 0.5) is 24.9 Å². The van der Waals surface area contributed by atoms with E-state index < -0.39 is 32.1 Å². The number of phosphoric acid groups is 1. The molecule has 0 spiro atoms.